The minimum Gasteiger partial charge on any atom is -0.370 e. The summed E-state index contributed by atoms with van der Waals surface area (Å²) in [5, 5.41) is 2.76. The van der Waals surface area contributed by atoms with E-state index in [2.05, 4.69) is 27.1 Å². The molecule has 1 aliphatic rings. The molecule has 1 saturated heterocycles. The summed E-state index contributed by atoms with van der Waals surface area (Å²) in [5.41, 5.74) is 7.06. The number of hydrogen-bond acceptors (Lipinski definition) is 3. The Labute approximate surface area is 131 Å². The Bertz CT molecular complexity index is 526. The summed E-state index contributed by atoms with van der Waals surface area (Å²) in [7, 11) is 0. The van der Waals surface area contributed by atoms with Gasteiger partial charge in [0.05, 0.1) is 6.54 Å². The monoisotopic (exact) mass is 303 g/mol. The number of pyridine rings is 1. The fourth-order valence-electron chi connectivity index (χ4n) is 2.52. The van der Waals surface area contributed by atoms with Crippen LogP contribution in [0.2, 0.25) is 0 Å². The van der Waals surface area contributed by atoms with Crippen molar-refractivity contribution in [2.75, 3.05) is 25.0 Å². The lowest BCUT2D eigenvalue weighted by Gasteiger charge is -2.31. The number of aromatic nitrogens is 1. The van der Waals surface area contributed by atoms with Gasteiger partial charge in [-0.3, -0.25) is 9.79 Å². The first-order valence-corrected chi connectivity index (χ1v) is 7.82. The first-order chi connectivity index (χ1) is 10.5. The zero-order valence-electron chi connectivity index (χ0n) is 13.4. The number of carbonyl (C=O) groups excluding carboxylic acids is 1. The SMILES string of the molecule is Cc1ccc(NC(=O)CCN=C(N)N2CCCC(C)C2)nc1. The molecule has 0 radical (unpaired) electrons. The van der Waals surface area contributed by atoms with Crippen LogP contribution >= 0.6 is 0 Å². The molecule has 22 heavy (non-hydrogen) atoms. The number of aliphatic imine (C=N–C) groups is 1. The third-order valence-electron chi connectivity index (χ3n) is 3.77. The Morgan fingerprint density at radius 2 is 2.36 bits per heavy atom. The molecule has 1 amide bonds. The third kappa shape index (κ3) is 5.02. The Hall–Kier alpha value is -2.11. The van der Waals surface area contributed by atoms with E-state index < -0.39 is 0 Å². The molecule has 0 spiro atoms. The van der Waals surface area contributed by atoms with E-state index in [4.69, 9.17) is 5.73 Å². The number of likely N-dealkylation sites (tertiary alicyclic amines) is 1. The average Bonchev–Trinajstić information content (AvgIpc) is 2.49. The zero-order chi connectivity index (χ0) is 15.9. The van der Waals surface area contributed by atoms with Crippen LogP contribution in [0.1, 0.15) is 31.7 Å². The molecule has 1 fully saturated rings. The molecule has 1 aromatic rings. The topological polar surface area (TPSA) is 83.6 Å². The number of hydrogen-bond donors (Lipinski definition) is 2. The molecule has 0 bridgehead atoms. The van der Waals surface area contributed by atoms with Crippen LogP contribution in [0.15, 0.2) is 23.3 Å². The van der Waals surface area contributed by atoms with Crippen LogP contribution in [-0.2, 0) is 4.79 Å². The van der Waals surface area contributed by atoms with E-state index in [-0.39, 0.29) is 5.91 Å². The van der Waals surface area contributed by atoms with Crippen molar-refractivity contribution in [3.63, 3.8) is 0 Å². The summed E-state index contributed by atoms with van der Waals surface area (Å²) in [6.07, 6.45) is 4.43. The minimum atomic E-state index is -0.0973. The normalized spacial score (nSPS) is 19.1. The Morgan fingerprint density at radius 3 is 3.05 bits per heavy atom. The van der Waals surface area contributed by atoms with Gasteiger partial charge in [0, 0.05) is 25.7 Å². The molecule has 0 saturated carbocycles. The van der Waals surface area contributed by atoms with Gasteiger partial charge in [-0.05, 0) is 37.3 Å². The second kappa shape index (κ2) is 7.77. The highest BCUT2D eigenvalue weighted by atomic mass is 16.1. The fourth-order valence-corrected chi connectivity index (χ4v) is 2.52. The highest BCUT2D eigenvalue weighted by Gasteiger charge is 2.17. The van der Waals surface area contributed by atoms with Crippen LogP contribution in [0.4, 0.5) is 5.82 Å². The van der Waals surface area contributed by atoms with Crippen LogP contribution in [0.3, 0.4) is 0 Å². The number of rotatable bonds is 4. The molecule has 0 aromatic carbocycles. The number of piperidine rings is 1. The van der Waals surface area contributed by atoms with Crippen molar-refractivity contribution in [3.8, 4) is 0 Å². The second-order valence-corrected chi connectivity index (χ2v) is 5.95. The molecule has 1 aromatic heterocycles. The van der Waals surface area contributed by atoms with Gasteiger partial charge in [0.1, 0.15) is 5.82 Å². The van der Waals surface area contributed by atoms with Gasteiger partial charge < -0.3 is 16.0 Å². The van der Waals surface area contributed by atoms with Gasteiger partial charge in [0.15, 0.2) is 5.96 Å². The zero-order valence-corrected chi connectivity index (χ0v) is 13.4. The maximum absolute atomic E-state index is 11.8. The van der Waals surface area contributed by atoms with Gasteiger partial charge in [-0.15, -0.1) is 0 Å². The highest BCUT2D eigenvalue weighted by molar-refractivity contribution is 5.90. The first kappa shape index (κ1) is 16.3. The molecule has 120 valence electrons. The molecule has 6 heteroatoms. The maximum Gasteiger partial charge on any atom is 0.227 e. The predicted molar refractivity (Wildman–Crippen MR) is 88.7 cm³/mol. The molecule has 1 atom stereocenters. The average molecular weight is 303 g/mol. The van der Waals surface area contributed by atoms with E-state index in [0.717, 1.165) is 25.1 Å². The van der Waals surface area contributed by atoms with Crippen LogP contribution in [-0.4, -0.2) is 41.4 Å². The highest BCUT2D eigenvalue weighted by Crippen LogP contribution is 2.14. The van der Waals surface area contributed by atoms with Crippen molar-refractivity contribution in [2.24, 2.45) is 16.6 Å². The number of aryl methyl sites for hydroxylation is 1. The number of carbonyl (C=O) groups is 1. The van der Waals surface area contributed by atoms with E-state index >= 15 is 0 Å². The number of nitrogens with zero attached hydrogens (tertiary/aromatic N) is 3. The summed E-state index contributed by atoms with van der Waals surface area (Å²) in [5.74, 6) is 1.67. The van der Waals surface area contributed by atoms with Crippen LogP contribution in [0.25, 0.3) is 0 Å². The van der Waals surface area contributed by atoms with Gasteiger partial charge in [0.2, 0.25) is 5.91 Å². The molecule has 1 unspecified atom stereocenters. The van der Waals surface area contributed by atoms with Crippen molar-refractivity contribution in [2.45, 2.75) is 33.1 Å². The fraction of sp³-hybridized carbons (Fsp3) is 0.562. The van der Waals surface area contributed by atoms with Crippen molar-refractivity contribution in [3.05, 3.63) is 23.9 Å². The van der Waals surface area contributed by atoms with Gasteiger partial charge in [0.25, 0.3) is 0 Å². The van der Waals surface area contributed by atoms with E-state index in [0.29, 0.717) is 30.7 Å². The number of amides is 1. The third-order valence-corrected chi connectivity index (χ3v) is 3.77. The summed E-state index contributed by atoms with van der Waals surface area (Å²) < 4.78 is 0. The Kier molecular flexibility index (Phi) is 5.75. The number of nitrogens with two attached hydrogens (primary N) is 1. The summed E-state index contributed by atoms with van der Waals surface area (Å²) in [6, 6.07) is 3.70. The minimum absolute atomic E-state index is 0.0973. The molecular weight excluding hydrogens is 278 g/mol. The van der Waals surface area contributed by atoms with E-state index in [9.17, 15) is 4.79 Å². The molecule has 1 aliphatic heterocycles. The van der Waals surface area contributed by atoms with Gasteiger partial charge in [-0.1, -0.05) is 13.0 Å². The maximum atomic E-state index is 11.8. The number of anilines is 1. The van der Waals surface area contributed by atoms with Gasteiger partial charge >= 0.3 is 0 Å². The van der Waals surface area contributed by atoms with Crippen molar-refractivity contribution >= 4 is 17.7 Å². The lowest BCUT2D eigenvalue weighted by Crippen LogP contribution is -2.43. The smallest absolute Gasteiger partial charge is 0.227 e. The lowest BCUT2D eigenvalue weighted by atomic mass is 10.0. The summed E-state index contributed by atoms with van der Waals surface area (Å²) in [4.78, 5) is 22.4. The molecule has 2 heterocycles. The molecule has 2 rings (SSSR count). The van der Waals surface area contributed by atoms with E-state index in [1.807, 2.05) is 13.0 Å². The molecule has 6 nitrogen and oxygen atoms in total. The van der Waals surface area contributed by atoms with E-state index in [1.54, 1.807) is 12.3 Å². The molecular formula is C16H25N5O. The summed E-state index contributed by atoms with van der Waals surface area (Å²) >= 11 is 0. The molecule has 3 N–H and O–H groups in total. The number of nitrogens with one attached hydrogen (secondary N) is 1. The lowest BCUT2D eigenvalue weighted by molar-refractivity contribution is -0.116. The van der Waals surface area contributed by atoms with Crippen LogP contribution in [0, 0.1) is 12.8 Å². The Morgan fingerprint density at radius 1 is 1.55 bits per heavy atom. The van der Waals surface area contributed by atoms with E-state index in [1.165, 1.54) is 6.42 Å². The Balaban J connectivity index is 1.75. The van der Waals surface area contributed by atoms with Crippen molar-refractivity contribution < 1.29 is 4.79 Å². The van der Waals surface area contributed by atoms with Crippen molar-refractivity contribution in [1.82, 2.24) is 9.88 Å². The quantitative estimate of drug-likeness (QED) is 0.656. The van der Waals surface area contributed by atoms with Crippen LogP contribution in [0.5, 0.6) is 0 Å². The predicted octanol–water partition coefficient (Wildman–Crippen LogP) is 1.77. The van der Waals surface area contributed by atoms with Crippen molar-refractivity contribution in [1.29, 1.82) is 0 Å². The largest absolute Gasteiger partial charge is 0.370 e. The van der Waals surface area contributed by atoms with Gasteiger partial charge in [-0.25, -0.2) is 4.98 Å². The number of guanidine groups is 1. The van der Waals surface area contributed by atoms with Gasteiger partial charge in [-0.2, -0.15) is 0 Å². The molecule has 0 aliphatic carbocycles. The first-order valence-electron chi connectivity index (χ1n) is 7.82. The summed E-state index contributed by atoms with van der Waals surface area (Å²) in [6.45, 7) is 6.49. The second-order valence-electron chi connectivity index (χ2n) is 5.95. The standard InChI is InChI=1S/C16H25N5O/c1-12-5-6-14(19-10-12)20-15(22)7-8-18-16(17)21-9-3-4-13(2)11-21/h5-6,10,13H,3-4,7-9,11H2,1-2H3,(H2,17,18)(H,19,20,22). The van der Waals surface area contributed by atoms with Crippen LogP contribution < -0.4 is 11.1 Å².